The molecule has 114 valence electrons. The van der Waals surface area contributed by atoms with Crippen LogP contribution in [0.3, 0.4) is 0 Å². The first kappa shape index (κ1) is 14.2. The number of hydrogen-bond donors (Lipinski definition) is 2. The van der Waals surface area contributed by atoms with E-state index in [-0.39, 0.29) is 11.9 Å². The van der Waals surface area contributed by atoms with E-state index in [0.717, 1.165) is 31.6 Å². The van der Waals surface area contributed by atoms with Crippen LogP contribution in [0.1, 0.15) is 39.0 Å². The fraction of sp³-hybridized carbons (Fsp3) is 0.588. The molecule has 1 aromatic rings. The van der Waals surface area contributed by atoms with Crippen molar-refractivity contribution in [2.45, 2.75) is 51.1 Å². The van der Waals surface area contributed by atoms with Gasteiger partial charge in [0.25, 0.3) is 0 Å². The van der Waals surface area contributed by atoms with Crippen molar-refractivity contribution in [3.63, 3.8) is 0 Å². The monoisotopic (exact) mass is 287 g/mol. The van der Waals surface area contributed by atoms with Crippen LogP contribution >= 0.6 is 0 Å². The third-order valence-corrected chi connectivity index (χ3v) is 4.27. The number of hydrogen-bond acceptors (Lipinski definition) is 3. The number of nitrogens with one attached hydrogen (secondary N) is 2. The summed E-state index contributed by atoms with van der Waals surface area (Å²) in [5.74, 6) is 0.0980. The van der Waals surface area contributed by atoms with Gasteiger partial charge >= 0.3 is 0 Å². The molecule has 4 heteroatoms. The summed E-state index contributed by atoms with van der Waals surface area (Å²) >= 11 is 0. The Morgan fingerprint density at radius 2 is 2.00 bits per heavy atom. The van der Waals surface area contributed by atoms with Crippen LogP contribution in [-0.4, -0.2) is 31.1 Å². The van der Waals surface area contributed by atoms with Gasteiger partial charge in [0.15, 0.2) is 0 Å². The van der Waals surface area contributed by atoms with Gasteiger partial charge < -0.3 is 15.5 Å². The van der Waals surface area contributed by atoms with Crippen molar-refractivity contribution in [1.82, 2.24) is 5.32 Å². The molecular weight excluding hydrogens is 262 g/mol. The van der Waals surface area contributed by atoms with Gasteiger partial charge in [0.2, 0.25) is 5.91 Å². The van der Waals surface area contributed by atoms with Gasteiger partial charge in [-0.05, 0) is 57.2 Å². The third kappa shape index (κ3) is 3.90. The molecule has 1 aliphatic carbocycles. The second-order valence-electron chi connectivity index (χ2n) is 6.25. The molecule has 1 amide bonds. The average Bonchev–Trinajstić information content (AvgIpc) is 3.32. The van der Waals surface area contributed by atoms with Crippen molar-refractivity contribution in [3.05, 3.63) is 24.3 Å². The van der Waals surface area contributed by atoms with Crippen LogP contribution in [0.4, 0.5) is 11.4 Å². The lowest BCUT2D eigenvalue weighted by atomic mass is 10.1. The van der Waals surface area contributed by atoms with E-state index in [2.05, 4.69) is 33.7 Å². The van der Waals surface area contributed by atoms with E-state index in [1.807, 2.05) is 13.0 Å². The minimum atomic E-state index is -0.192. The van der Waals surface area contributed by atoms with E-state index in [0.29, 0.717) is 6.04 Å². The molecular formula is C17H25N3O. The Hall–Kier alpha value is -1.71. The molecule has 2 aliphatic rings. The largest absolute Gasteiger partial charge is 0.374 e. The summed E-state index contributed by atoms with van der Waals surface area (Å²) in [5, 5.41) is 6.36. The van der Waals surface area contributed by atoms with Gasteiger partial charge in [-0.2, -0.15) is 0 Å². The number of benzene rings is 1. The summed E-state index contributed by atoms with van der Waals surface area (Å²) in [6.45, 7) is 4.20. The highest BCUT2D eigenvalue weighted by molar-refractivity contribution is 5.84. The number of rotatable bonds is 5. The van der Waals surface area contributed by atoms with E-state index < -0.39 is 0 Å². The average molecular weight is 287 g/mol. The molecule has 4 nitrogen and oxygen atoms in total. The lowest BCUT2D eigenvalue weighted by Gasteiger charge is -2.29. The fourth-order valence-electron chi connectivity index (χ4n) is 2.81. The molecule has 1 heterocycles. The molecule has 0 aromatic heterocycles. The lowest BCUT2D eigenvalue weighted by molar-refractivity contribution is -0.121. The number of nitrogens with zero attached hydrogens (tertiary/aromatic N) is 1. The van der Waals surface area contributed by atoms with Gasteiger partial charge in [0, 0.05) is 30.5 Å². The predicted octanol–water partition coefficient (Wildman–Crippen LogP) is 2.76. The molecule has 0 radical (unpaired) electrons. The normalized spacial score (nSPS) is 20.0. The third-order valence-electron chi connectivity index (χ3n) is 4.27. The SMILES string of the molecule is C[C@@H](Nc1cccc(N2CCCCC2)c1)C(=O)NC1CC1. The topological polar surface area (TPSA) is 44.4 Å². The highest BCUT2D eigenvalue weighted by Crippen LogP contribution is 2.23. The van der Waals surface area contributed by atoms with E-state index in [9.17, 15) is 4.79 Å². The lowest BCUT2D eigenvalue weighted by Crippen LogP contribution is -2.38. The summed E-state index contributed by atoms with van der Waals surface area (Å²) in [6, 6.07) is 8.65. The van der Waals surface area contributed by atoms with Gasteiger partial charge in [-0.3, -0.25) is 4.79 Å². The zero-order chi connectivity index (χ0) is 14.7. The van der Waals surface area contributed by atoms with Crippen LogP contribution in [0, 0.1) is 0 Å². The summed E-state index contributed by atoms with van der Waals surface area (Å²) in [4.78, 5) is 14.4. The number of carbonyl (C=O) groups excluding carboxylic acids is 1. The minimum absolute atomic E-state index is 0.0980. The summed E-state index contributed by atoms with van der Waals surface area (Å²) in [7, 11) is 0. The van der Waals surface area contributed by atoms with E-state index in [1.165, 1.54) is 24.9 Å². The highest BCUT2D eigenvalue weighted by Gasteiger charge is 2.25. The second kappa shape index (κ2) is 6.37. The van der Waals surface area contributed by atoms with Crippen LogP contribution in [-0.2, 0) is 4.79 Å². The van der Waals surface area contributed by atoms with E-state index in [1.54, 1.807) is 0 Å². The van der Waals surface area contributed by atoms with Gasteiger partial charge in [0.05, 0.1) is 0 Å². The minimum Gasteiger partial charge on any atom is -0.374 e. The highest BCUT2D eigenvalue weighted by atomic mass is 16.2. The maximum Gasteiger partial charge on any atom is 0.242 e. The van der Waals surface area contributed by atoms with Gasteiger partial charge in [-0.25, -0.2) is 0 Å². The van der Waals surface area contributed by atoms with Crippen molar-refractivity contribution in [1.29, 1.82) is 0 Å². The fourth-order valence-corrected chi connectivity index (χ4v) is 2.81. The van der Waals surface area contributed by atoms with E-state index >= 15 is 0 Å². The smallest absolute Gasteiger partial charge is 0.242 e. The zero-order valence-corrected chi connectivity index (χ0v) is 12.8. The van der Waals surface area contributed by atoms with Crippen LogP contribution in [0.15, 0.2) is 24.3 Å². The number of amides is 1. The van der Waals surface area contributed by atoms with Crippen LogP contribution in [0.2, 0.25) is 0 Å². The van der Waals surface area contributed by atoms with Crippen molar-refractivity contribution in [3.8, 4) is 0 Å². The van der Waals surface area contributed by atoms with Crippen molar-refractivity contribution in [2.75, 3.05) is 23.3 Å². The molecule has 1 saturated heterocycles. The summed E-state index contributed by atoms with van der Waals surface area (Å²) < 4.78 is 0. The quantitative estimate of drug-likeness (QED) is 0.875. The summed E-state index contributed by atoms with van der Waals surface area (Å²) in [6.07, 6.45) is 6.15. The second-order valence-corrected chi connectivity index (χ2v) is 6.25. The summed E-state index contributed by atoms with van der Waals surface area (Å²) in [5.41, 5.74) is 2.28. The Labute approximate surface area is 126 Å². The molecule has 2 N–H and O–H groups in total. The number of anilines is 2. The molecule has 1 atom stereocenters. The first-order chi connectivity index (χ1) is 10.2. The molecule has 0 unspecified atom stereocenters. The number of piperidine rings is 1. The molecule has 2 fully saturated rings. The van der Waals surface area contributed by atoms with Crippen molar-refractivity contribution in [2.24, 2.45) is 0 Å². The van der Waals surface area contributed by atoms with Crippen LogP contribution < -0.4 is 15.5 Å². The Bertz CT molecular complexity index is 493. The molecule has 0 spiro atoms. The Morgan fingerprint density at radius 1 is 1.24 bits per heavy atom. The standard InChI is InChI=1S/C17H25N3O/c1-13(17(21)19-14-8-9-14)18-15-6-5-7-16(12-15)20-10-3-2-4-11-20/h5-7,12-14,18H,2-4,8-11H2,1H3,(H,19,21)/t13-/m1/s1. The number of carbonyl (C=O) groups is 1. The van der Waals surface area contributed by atoms with Gasteiger partial charge in [-0.15, -0.1) is 0 Å². The maximum atomic E-state index is 12.0. The van der Waals surface area contributed by atoms with Crippen LogP contribution in [0.5, 0.6) is 0 Å². The zero-order valence-electron chi connectivity index (χ0n) is 12.8. The van der Waals surface area contributed by atoms with Crippen molar-refractivity contribution < 1.29 is 4.79 Å². The molecule has 1 aromatic carbocycles. The predicted molar refractivity (Wildman–Crippen MR) is 86.8 cm³/mol. The Kier molecular flexibility index (Phi) is 4.32. The van der Waals surface area contributed by atoms with Crippen molar-refractivity contribution >= 4 is 17.3 Å². The van der Waals surface area contributed by atoms with Gasteiger partial charge in [-0.1, -0.05) is 6.07 Å². The Morgan fingerprint density at radius 3 is 2.71 bits per heavy atom. The molecule has 3 rings (SSSR count). The Balaban J connectivity index is 1.60. The maximum absolute atomic E-state index is 12.0. The molecule has 1 aliphatic heterocycles. The van der Waals surface area contributed by atoms with Gasteiger partial charge in [0.1, 0.15) is 6.04 Å². The van der Waals surface area contributed by atoms with E-state index in [4.69, 9.17) is 0 Å². The first-order valence-electron chi connectivity index (χ1n) is 8.14. The first-order valence-corrected chi connectivity index (χ1v) is 8.14. The molecule has 0 bridgehead atoms. The molecule has 1 saturated carbocycles. The molecule has 21 heavy (non-hydrogen) atoms. The van der Waals surface area contributed by atoms with Crippen LogP contribution in [0.25, 0.3) is 0 Å².